The molecule has 0 spiro atoms. The van der Waals surface area contributed by atoms with E-state index in [1.165, 1.54) is 0 Å². The van der Waals surface area contributed by atoms with E-state index in [1.807, 2.05) is 60.7 Å². The maximum absolute atomic E-state index is 6.40. The summed E-state index contributed by atoms with van der Waals surface area (Å²) in [6.07, 6.45) is 0. The summed E-state index contributed by atoms with van der Waals surface area (Å²) in [4.78, 5) is 9.21. The highest BCUT2D eigenvalue weighted by Crippen LogP contribution is 2.44. The lowest BCUT2D eigenvalue weighted by molar-refractivity contribution is 0.597. The van der Waals surface area contributed by atoms with Crippen molar-refractivity contribution in [3.63, 3.8) is 0 Å². The smallest absolute Gasteiger partial charge is 0.134 e. The lowest BCUT2D eigenvalue weighted by Crippen LogP contribution is -2.12. The fourth-order valence-electron chi connectivity index (χ4n) is 11.3. The highest BCUT2D eigenvalue weighted by molar-refractivity contribution is 5.86. The third kappa shape index (κ3) is 11.1. The first kappa shape index (κ1) is 52.5. The van der Waals surface area contributed by atoms with E-state index in [0.29, 0.717) is 0 Å². The molecule has 0 fully saturated rings. The molecular weight excluding hydrogens is 1050 g/mol. The van der Waals surface area contributed by atoms with Gasteiger partial charge in [-0.25, -0.2) is 0 Å². The van der Waals surface area contributed by atoms with Crippen molar-refractivity contribution in [3.8, 4) is 56.4 Å². The molecule has 410 valence electrons. The van der Waals surface area contributed by atoms with Crippen LogP contribution in [0.4, 0.5) is 68.2 Å². The van der Waals surface area contributed by atoms with Crippen LogP contribution in [-0.4, -0.2) is 0 Å². The Bertz CT molecular complexity index is 4070. The molecule has 6 heteroatoms. The van der Waals surface area contributed by atoms with Crippen LogP contribution in [0.15, 0.2) is 361 Å². The normalized spacial score (nSPS) is 11.0. The maximum Gasteiger partial charge on any atom is 0.134 e. The minimum absolute atomic E-state index is 0.819. The van der Waals surface area contributed by atoms with Gasteiger partial charge in [0.2, 0.25) is 0 Å². The molecule has 0 bridgehead atoms. The minimum atomic E-state index is 0.819. The second-order valence-electron chi connectivity index (χ2n) is 21.0. The molecule has 0 atom stereocenters. The number of hydrogen-bond acceptors (Lipinski definition) is 6. The SMILES string of the molecule is c1ccc(-c2ccc(-c3ccc(N(c4ccc(-c5ccc(N(c6ccc(-c7ccc(-c8ccccc8)o7)cc6)c6ccc(N(c7ccccc7)c7ccccc7)cc6)cc5)cc4)c4ccc(N(c5ccccc5)c5ccccc5)cc4)cc3)o2)cc1. The van der Waals surface area contributed by atoms with Gasteiger partial charge in [0.05, 0.1) is 0 Å². The zero-order chi connectivity index (χ0) is 57.4. The van der Waals surface area contributed by atoms with Crippen molar-refractivity contribution in [3.05, 3.63) is 352 Å². The van der Waals surface area contributed by atoms with Crippen molar-refractivity contribution in [2.24, 2.45) is 0 Å². The van der Waals surface area contributed by atoms with Gasteiger partial charge in [0.1, 0.15) is 23.0 Å². The second-order valence-corrected chi connectivity index (χ2v) is 21.0. The predicted molar refractivity (Wildman–Crippen MR) is 357 cm³/mol. The molecule has 0 aliphatic rings. The Labute approximate surface area is 502 Å². The van der Waals surface area contributed by atoms with E-state index in [4.69, 9.17) is 8.83 Å². The van der Waals surface area contributed by atoms with E-state index in [9.17, 15) is 0 Å². The van der Waals surface area contributed by atoms with Crippen LogP contribution >= 0.6 is 0 Å². The zero-order valence-electron chi connectivity index (χ0n) is 47.1. The zero-order valence-corrected chi connectivity index (χ0v) is 47.1. The number of anilines is 12. The summed E-state index contributed by atoms with van der Waals surface area (Å²) in [7, 11) is 0. The topological polar surface area (TPSA) is 39.2 Å². The van der Waals surface area contributed by atoms with Gasteiger partial charge in [-0.15, -0.1) is 0 Å². The molecule has 0 saturated carbocycles. The van der Waals surface area contributed by atoms with Gasteiger partial charge in [-0.05, 0) is 205 Å². The van der Waals surface area contributed by atoms with Crippen molar-refractivity contribution >= 4 is 68.2 Å². The summed E-state index contributed by atoms with van der Waals surface area (Å²) in [5, 5.41) is 0. The third-order valence-electron chi connectivity index (χ3n) is 15.5. The van der Waals surface area contributed by atoms with E-state index < -0.39 is 0 Å². The molecule has 0 radical (unpaired) electrons. The largest absolute Gasteiger partial charge is 0.456 e. The second kappa shape index (κ2) is 24.1. The molecule has 0 amide bonds. The summed E-state index contributed by atoms with van der Waals surface area (Å²) in [5.41, 5.74) is 18.9. The molecule has 86 heavy (non-hydrogen) atoms. The number of para-hydroxylation sites is 4. The Balaban J connectivity index is 0.788. The monoisotopic (exact) mass is 1110 g/mol. The number of rotatable bonds is 17. The van der Waals surface area contributed by atoms with Gasteiger partial charge in [-0.1, -0.05) is 158 Å². The summed E-state index contributed by atoms with van der Waals surface area (Å²) in [6, 6.07) is 123. The van der Waals surface area contributed by atoms with Crippen LogP contribution in [-0.2, 0) is 0 Å². The van der Waals surface area contributed by atoms with Crippen LogP contribution < -0.4 is 19.6 Å². The Hall–Kier alpha value is -11.6. The van der Waals surface area contributed by atoms with Crippen LogP contribution in [0.1, 0.15) is 0 Å². The van der Waals surface area contributed by atoms with Gasteiger partial charge >= 0.3 is 0 Å². The standard InChI is InChI=1S/C80H58N4O2/c1-7-19-61(20-8-1)77-55-57-79(85-77)63-35-43-71(44-36-63)83(75-51-47-73(48-52-75)81(65-23-11-3-12-24-65)66-25-13-4-14-26-66)69-39-31-59(32-40-69)60-33-41-70(42-34-60)84(72-45-37-64(38-46-72)80-58-56-78(86-80)62-21-9-2-10-22-62)76-53-49-74(50-54-76)82(67-27-15-5-16-28-67)68-29-17-6-18-30-68/h1-58H. The highest BCUT2D eigenvalue weighted by Gasteiger charge is 2.20. The summed E-state index contributed by atoms with van der Waals surface area (Å²) >= 11 is 0. The van der Waals surface area contributed by atoms with Crippen molar-refractivity contribution in [1.82, 2.24) is 0 Å². The van der Waals surface area contributed by atoms with E-state index in [0.717, 1.165) is 125 Å². The van der Waals surface area contributed by atoms with Gasteiger partial charge in [-0.3, -0.25) is 0 Å². The van der Waals surface area contributed by atoms with E-state index >= 15 is 0 Å². The fourth-order valence-corrected chi connectivity index (χ4v) is 11.3. The van der Waals surface area contributed by atoms with Crippen molar-refractivity contribution < 1.29 is 8.83 Å². The fraction of sp³-hybridized carbons (Fsp3) is 0. The van der Waals surface area contributed by atoms with Gasteiger partial charge < -0.3 is 28.4 Å². The van der Waals surface area contributed by atoms with Gasteiger partial charge in [0.25, 0.3) is 0 Å². The lowest BCUT2D eigenvalue weighted by Gasteiger charge is -2.28. The molecule has 0 unspecified atom stereocenters. The summed E-state index contributed by atoms with van der Waals surface area (Å²) in [5.74, 6) is 3.32. The van der Waals surface area contributed by atoms with Crippen LogP contribution in [0.5, 0.6) is 0 Å². The molecule has 2 aromatic heterocycles. The minimum Gasteiger partial charge on any atom is -0.456 e. The summed E-state index contributed by atoms with van der Waals surface area (Å²) in [6.45, 7) is 0. The average molecular weight is 1110 g/mol. The molecule has 14 aromatic rings. The van der Waals surface area contributed by atoms with Gasteiger partial charge in [-0.2, -0.15) is 0 Å². The lowest BCUT2D eigenvalue weighted by atomic mass is 10.0. The number of hydrogen-bond donors (Lipinski definition) is 0. The van der Waals surface area contributed by atoms with Gasteiger partial charge in [0, 0.05) is 90.5 Å². The quantitative estimate of drug-likeness (QED) is 0.0905. The van der Waals surface area contributed by atoms with Crippen LogP contribution in [0.3, 0.4) is 0 Å². The number of furan rings is 2. The Morgan fingerprint density at radius 2 is 0.279 bits per heavy atom. The first-order valence-electron chi connectivity index (χ1n) is 29.0. The molecule has 14 rings (SSSR count). The highest BCUT2D eigenvalue weighted by atomic mass is 16.3. The van der Waals surface area contributed by atoms with Crippen molar-refractivity contribution in [1.29, 1.82) is 0 Å². The third-order valence-corrected chi connectivity index (χ3v) is 15.5. The van der Waals surface area contributed by atoms with Crippen molar-refractivity contribution in [2.45, 2.75) is 0 Å². The maximum atomic E-state index is 6.40. The Morgan fingerprint density at radius 1 is 0.128 bits per heavy atom. The molecule has 12 aromatic carbocycles. The molecule has 0 aliphatic heterocycles. The van der Waals surface area contributed by atoms with E-state index in [1.54, 1.807) is 0 Å². The van der Waals surface area contributed by atoms with Crippen LogP contribution in [0, 0.1) is 0 Å². The van der Waals surface area contributed by atoms with Crippen LogP contribution in [0.25, 0.3) is 56.4 Å². The number of nitrogens with zero attached hydrogens (tertiary/aromatic N) is 4. The molecular formula is C80H58N4O2. The Kier molecular flexibility index (Phi) is 14.7. The first-order valence-corrected chi connectivity index (χ1v) is 29.0. The molecule has 0 saturated heterocycles. The first-order chi connectivity index (χ1) is 42.6. The molecule has 0 N–H and O–H groups in total. The molecule has 2 heterocycles. The van der Waals surface area contributed by atoms with Gasteiger partial charge in [0.15, 0.2) is 0 Å². The Morgan fingerprint density at radius 3 is 0.488 bits per heavy atom. The predicted octanol–water partition coefficient (Wildman–Crippen LogP) is 23.1. The number of benzene rings is 12. The van der Waals surface area contributed by atoms with Crippen LogP contribution in [0.2, 0.25) is 0 Å². The van der Waals surface area contributed by atoms with E-state index in [2.05, 4.69) is 311 Å². The molecule has 0 aliphatic carbocycles. The average Bonchev–Trinajstić information content (AvgIpc) is 3.73. The summed E-state index contributed by atoms with van der Waals surface area (Å²) < 4.78 is 12.8. The molecule has 6 nitrogen and oxygen atoms in total. The van der Waals surface area contributed by atoms with E-state index in [-0.39, 0.29) is 0 Å². The van der Waals surface area contributed by atoms with Crippen molar-refractivity contribution in [2.75, 3.05) is 19.6 Å².